The molecule has 2 atom stereocenters. The number of carbonyl (C=O) groups excluding carboxylic acids is 1. The predicted octanol–water partition coefficient (Wildman–Crippen LogP) is 2.90. The van der Waals surface area contributed by atoms with Crippen molar-refractivity contribution in [2.24, 2.45) is 5.41 Å². The smallest absolute Gasteiger partial charge is 0.227 e. The first-order chi connectivity index (χ1) is 8.91. The summed E-state index contributed by atoms with van der Waals surface area (Å²) < 4.78 is 0. The maximum absolute atomic E-state index is 12.5. The number of amides is 1. The fourth-order valence-electron chi connectivity index (χ4n) is 3.72. The average Bonchev–Trinajstić information content (AvgIpc) is 2.89. The number of likely N-dealkylation sites (tertiary alicyclic amines) is 1. The summed E-state index contributed by atoms with van der Waals surface area (Å²) in [5.41, 5.74) is -0.262. The van der Waals surface area contributed by atoms with Crippen LogP contribution < -0.4 is 0 Å². The minimum atomic E-state index is -0.262. The molecule has 0 aromatic heterocycles. The van der Waals surface area contributed by atoms with Gasteiger partial charge in [0, 0.05) is 24.5 Å². The molecule has 0 aromatic rings. The molecular formula is C16H30N2O. The zero-order valence-corrected chi connectivity index (χ0v) is 13.1. The Morgan fingerprint density at radius 1 is 1.05 bits per heavy atom. The Kier molecular flexibility index (Phi) is 4.54. The second kappa shape index (κ2) is 5.82. The van der Waals surface area contributed by atoms with Crippen LogP contribution in [0.15, 0.2) is 0 Å². The van der Waals surface area contributed by atoms with Gasteiger partial charge in [-0.05, 0) is 38.8 Å². The molecule has 0 spiro atoms. The molecule has 1 heterocycles. The minimum absolute atomic E-state index is 0.262. The lowest BCUT2D eigenvalue weighted by Crippen LogP contribution is -2.55. The van der Waals surface area contributed by atoms with Gasteiger partial charge in [-0.25, -0.2) is 0 Å². The van der Waals surface area contributed by atoms with Gasteiger partial charge in [0.05, 0.1) is 0 Å². The van der Waals surface area contributed by atoms with Crippen molar-refractivity contribution in [2.75, 3.05) is 20.1 Å². The summed E-state index contributed by atoms with van der Waals surface area (Å²) in [6.07, 6.45) is 7.72. The van der Waals surface area contributed by atoms with E-state index >= 15 is 0 Å². The number of rotatable bonds is 2. The molecule has 1 saturated heterocycles. The van der Waals surface area contributed by atoms with Crippen LogP contribution in [0.5, 0.6) is 0 Å². The Hall–Kier alpha value is -0.570. The molecule has 0 radical (unpaired) electrons. The van der Waals surface area contributed by atoms with Crippen LogP contribution in [-0.2, 0) is 4.79 Å². The number of hydrogen-bond acceptors (Lipinski definition) is 2. The highest BCUT2D eigenvalue weighted by atomic mass is 16.2. The summed E-state index contributed by atoms with van der Waals surface area (Å²) in [4.78, 5) is 17.2. The van der Waals surface area contributed by atoms with Crippen molar-refractivity contribution in [1.29, 1.82) is 0 Å². The van der Waals surface area contributed by atoms with Crippen molar-refractivity contribution in [3.63, 3.8) is 0 Å². The molecule has 0 bridgehead atoms. The number of nitrogens with zero attached hydrogens (tertiary/aromatic N) is 2. The third-order valence-corrected chi connectivity index (χ3v) is 4.76. The van der Waals surface area contributed by atoms with Crippen molar-refractivity contribution < 1.29 is 4.79 Å². The summed E-state index contributed by atoms with van der Waals surface area (Å²) in [6.45, 7) is 8.55. The zero-order chi connectivity index (χ0) is 14.0. The van der Waals surface area contributed by atoms with Gasteiger partial charge < -0.3 is 4.90 Å². The summed E-state index contributed by atoms with van der Waals surface area (Å²) in [7, 11) is 2.02. The van der Waals surface area contributed by atoms with Gasteiger partial charge in [-0.3, -0.25) is 9.69 Å². The van der Waals surface area contributed by atoms with E-state index in [-0.39, 0.29) is 5.41 Å². The highest BCUT2D eigenvalue weighted by Gasteiger charge is 2.37. The second-order valence-corrected chi connectivity index (χ2v) is 7.33. The van der Waals surface area contributed by atoms with E-state index in [4.69, 9.17) is 0 Å². The quantitative estimate of drug-likeness (QED) is 0.767. The molecule has 0 aromatic carbocycles. The van der Waals surface area contributed by atoms with Gasteiger partial charge in [0.2, 0.25) is 5.91 Å². The predicted molar refractivity (Wildman–Crippen MR) is 79.1 cm³/mol. The summed E-state index contributed by atoms with van der Waals surface area (Å²) in [6, 6.07) is 1.03. The van der Waals surface area contributed by atoms with Crippen LogP contribution in [0.3, 0.4) is 0 Å². The minimum Gasteiger partial charge on any atom is -0.341 e. The SMILES string of the molecule is CN(C(=O)C(C)(C)C)[C@@H]1CCCC[C@H]1N1CCCC1. The third-order valence-electron chi connectivity index (χ3n) is 4.76. The molecule has 1 saturated carbocycles. The van der Waals surface area contributed by atoms with Crippen molar-refractivity contribution >= 4 is 5.91 Å². The highest BCUT2D eigenvalue weighted by molar-refractivity contribution is 5.81. The fraction of sp³-hybridized carbons (Fsp3) is 0.938. The highest BCUT2D eigenvalue weighted by Crippen LogP contribution is 2.31. The lowest BCUT2D eigenvalue weighted by atomic mass is 9.86. The third kappa shape index (κ3) is 3.31. The monoisotopic (exact) mass is 266 g/mol. The maximum atomic E-state index is 12.5. The van der Waals surface area contributed by atoms with Crippen molar-refractivity contribution in [3.05, 3.63) is 0 Å². The average molecular weight is 266 g/mol. The van der Waals surface area contributed by atoms with Gasteiger partial charge in [-0.15, -0.1) is 0 Å². The van der Waals surface area contributed by atoms with E-state index in [1.807, 2.05) is 27.8 Å². The van der Waals surface area contributed by atoms with Gasteiger partial charge in [-0.1, -0.05) is 33.6 Å². The van der Waals surface area contributed by atoms with E-state index in [1.165, 1.54) is 51.6 Å². The molecule has 0 N–H and O–H groups in total. The van der Waals surface area contributed by atoms with E-state index in [0.717, 1.165) is 0 Å². The molecule has 1 aliphatic heterocycles. The summed E-state index contributed by atoms with van der Waals surface area (Å²) >= 11 is 0. The standard InChI is InChI=1S/C16H30N2O/c1-16(2,3)15(19)17(4)13-9-5-6-10-14(13)18-11-7-8-12-18/h13-14H,5-12H2,1-4H3/t13-,14-/m1/s1. The zero-order valence-electron chi connectivity index (χ0n) is 13.1. The Bertz CT molecular complexity index is 315. The second-order valence-electron chi connectivity index (χ2n) is 7.33. The van der Waals surface area contributed by atoms with E-state index in [9.17, 15) is 4.79 Å². The van der Waals surface area contributed by atoms with Gasteiger partial charge in [0.15, 0.2) is 0 Å². The van der Waals surface area contributed by atoms with Crippen LogP contribution in [0.1, 0.15) is 59.3 Å². The Morgan fingerprint density at radius 2 is 1.63 bits per heavy atom. The van der Waals surface area contributed by atoms with E-state index in [0.29, 0.717) is 18.0 Å². The topological polar surface area (TPSA) is 23.6 Å². The number of carbonyl (C=O) groups is 1. The first-order valence-electron chi connectivity index (χ1n) is 7.92. The first kappa shape index (κ1) is 14.8. The molecule has 2 aliphatic rings. The molecule has 3 heteroatoms. The number of likely N-dealkylation sites (N-methyl/N-ethyl adjacent to an activating group) is 1. The molecule has 3 nitrogen and oxygen atoms in total. The lowest BCUT2D eigenvalue weighted by Gasteiger charge is -2.44. The summed E-state index contributed by atoms with van der Waals surface area (Å²) in [5, 5.41) is 0. The van der Waals surface area contributed by atoms with Crippen LogP contribution >= 0.6 is 0 Å². The van der Waals surface area contributed by atoms with Crippen molar-refractivity contribution in [3.8, 4) is 0 Å². The Labute approximate surface area is 118 Å². The largest absolute Gasteiger partial charge is 0.341 e. The van der Waals surface area contributed by atoms with Gasteiger partial charge >= 0.3 is 0 Å². The fourth-order valence-corrected chi connectivity index (χ4v) is 3.72. The van der Waals surface area contributed by atoms with Crippen LogP contribution in [0.4, 0.5) is 0 Å². The normalized spacial score (nSPS) is 29.5. The lowest BCUT2D eigenvalue weighted by molar-refractivity contribution is -0.142. The van der Waals surface area contributed by atoms with Gasteiger partial charge in [0.1, 0.15) is 0 Å². The first-order valence-corrected chi connectivity index (χ1v) is 7.92. The molecule has 0 unspecified atom stereocenters. The van der Waals surface area contributed by atoms with Crippen LogP contribution in [-0.4, -0.2) is 47.9 Å². The Morgan fingerprint density at radius 3 is 2.21 bits per heavy atom. The van der Waals surface area contributed by atoms with E-state index in [1.54, 1.807) is 0 Å². The molecule has 1 aliphatic carbocycles. The molecule has 1 amide bonds. The van der Waals surface area contributed by atoms with Gasteiger partial charge in [-0.2, -0.15) is 0 Å². The molecule has 2 rings (SSSR count). The van der Waals surface area contributed by atoms with Crippen LogP contribution in [0, 0.1) is 5.41 Å². The molecule has 2 fully saturated rings. The van der Waals surface area contributed by atoms with Gasteiger partial charge in [0.25, 0.3) is 0 Å². The van der Waals surface area contributed by atoms with E-state index < -0.39 is 0 Å². The molecule has 19 heavy (non-hydrogen) atoms. The molecular weight excluding hydrogens is 236 g/mol. The van der Waals surface area contributed by atoms with E-state index in [2.05, 4.69) is 9.80 Å². The molecule has 110 valence electrons. The summed E-state index contributed by atoms with van der Waals surface area (Å²) in [5.74, 6) is 0.295. The Balaban J connectivity index is 2.08. The van der Waals surface area contributed by atoms with Crippen LogP contribution in [0.25, 0.3) is 0 Å². The van der Waals surface area contributed by atoms with Crippen molar-refractivity contribution in [1.82, 2.24) is 9.80 Å². The maximum Gasteiger partial charge on any atom is 0.227 e. The van der Waals surface area contributed by atoms with Crippen LogP contribution in [0.2, 0.25) is 0 Å². The van der Waals surface area contributed by atoms with Crippen molar-refractivity contribution in [2.45, 2.75) is 71.4 Å². The number of hydrogen-bond donors (Lipinski definition) is 0.